The Morgan fingerprint density at radius 1 is 1.40 bits per heavy atom. The summed E-state index contributed by atoms with van der Waals surface area (Å²) >= 11 is 0. The Balaban J connectivity index is 1.66. The molecular weight excluding hydrogens is 318 g/mol. The Morgan fingerprint density at radius 2 is 2.12 bits per heavy atom. The van der Waals surface area contributed by atoms with E-state index in [4.69, 9.17) is 9.47 Å². The minimum absolute atomic E-state index is 0.00617. The summed E-state index contributed by atoms with van der Waals surface area (Å²) in [7, 11) is 3.54. The first-order valence-corrected chi connectivity index (χ1v) is 8.53. The number of aromatic nitrogens is 2. The minimum Gasteiger partial charge on any atom is -0.496 e. The fourth-order valence-corrected chi connectivity index (χ4v) is 3.53. The lowest BCUT2D eigenvalue weighted by Crippen LogP contribution is -2.30. The molecule has 0 saturated carbocycles. The van der Waals surface area contributed by atoms with E-state index in [1.165, 1.54) is 0 Å². The number of benzene rings is 1. The van der Waals surface area contributed by atoms with Crippen molar-refractivity contribution in [3.05, 3.63) is 46.8 Å². The Bertz CT molecular complexity index is 746. The number of hydrogen-bond acceptors (Lipinski definition) is 4. The zero-order valence-corrected chi connectivity index (χ0v) is 15.2. The zero-order valence-electron chi connectivity index (χ0n) is 15.2. The van der Waals surface area contributed by atoms with Crippen molar-refractivity contribution in [3.63, 3.8) is 0 Å². The molecule has 25 heavy (non-hydrogen) atoms. The molecule has 6 nitrogen and oxygen atoms in total. The van der Waals surface area contributed by atoms with Crippen molar-refractivity contribution in [2.45, 2.75) is 26.4 Å². The van der Waals surface area contributed by atoms with Gasteiger partial charge in [0.05, 0.1) is 19.4 Å². The molecule has 6 heteroatoms. The summed E-state index contributed by atoms with van der Waals surface area (Å²) in [6, 6.07) is 3.73. The molecule has 1 amide bonds. The fourth-order valence-electron chi connectivity index (χ4n) is 3.53. The van der Waals surface area contributed by atoms with E-state index in [0.29, 0.717) is 18.7 Å². The van der Waals surface area contributed by atoms with Gasteiger partial charge in [0.25, 0.3) is 5.91 Å². The van der Waals surface area contributed by atoms with Crippen LogP contribution in [-0.4, -0.2) is 35.9 Å². The van der Waals surface area contributed by atoms with Gasteiger partial charge in [0.1, 0.15) is 5.75 Å². The van der Waals surface area contributed by atoms with Crippen LogP contribution in [0.2, 0.25) is 0 Å². The van der Waals surface area contributed by atoms with Crippen LogP contribution in [0.25, 0.3) is 0 Å². The highest BCUT2D eigenvalue weighted by Crippen LogP contribution is 2.33. The summed E-state index contributed by atoms with van der Waals surface area (Å²) in [6.07, 6.45) is 4.73. The Morgan fingerprint density at radius 3 is 2.72 bits per heavy atom. The van der Waals surface area contributed by atoms with Gasteiger partial charge in [-0.1, -0.05) is 0 Å². The van der Waals surface area contributed by atoms with Gasteiger partial charge in [0, 0.05) is 43.4 Å². The van der Waals surface area contributed by atoms with E-state index in [0.717, 1.165) is 28.9 Å². The van der Waals surface area contributed by atoms with Crippen molar-refractivity contribution in [1.82, 2.24) is 15.1 Å². The molecule has 0 aliphatic carbocycles. The van der Waals surface area contributed by atoms with Gasteiger partial charge in [-0.2, -0.15) is 5.10 Å². The maximum Gasteiger partial charge on any atom is 0.251 e. The van der Waals surface area contributed by atoms with Crippen molar-refractivity contribution in [2.24, 2.45) is 13.0 Å². The van der Waals surface area contributed by atoms with Crippen LogP contribution in [0.1, 0.15) is 39.6 Å². The molecule has 1 aliphatic heterocycles. The number of nitrogens with zero attached hydrogens (tertiary/aromatic N) is 2. The maximum atomic E-state index is 12.5. The number of rotatable bonds is 5. The van der Waals surface area contributed by atoms with E-state index in [-0.39, 0.29) is 17.9 Å². The molecule has 1 fully saturated rings. The highest BCUT2D eigenvalue weighted by molar-refractivity contribution is 5.94. The van der Waals surface area contributed by atoms with Crippen LogP contribution >= 0.6 is 0 Å². The van der Waals surface area contributed by atoms with Crippen LogP contribution in [0.3, 0.4) is 0 Å². The molecular formula is C19H25N3O3. The van der Waals surface area contributed by atoms with Gasteiger partial charge in [0.15, 0.2) is 0 Å². The van der Waals surface area contributed by atoms with Gasteiger partial charge in [-0.3, -0.25) is 9.48 Å². The summed E-state index contributed by atoms with van der Waals surface area (Å²) in [5.74, 6) is 1.02. The predicted octanol–water partition coefficient (Wildman–Crippen LogP) is 2.55. The van der Waals surface area contributed by atoms with Crippen LogP contribution in [-0.2, 0) is 11.8 Å². The summed E-state index contributed by atoms with van der Waals surface area (Å²) in [5, 5.41) is 7.26. The highest BCUT2D eigenvalue weighted by atomic mass is 16.5. The molecule has 0 bridgehead atoms. The van der Waals surface area contributed by atoms with Crippen LogP contribution in [0.4, 0.5) is 0 Å². The molecule has 3 rings (SSSR count). The Labute approximate surface area is 148 Å². The van der Waals surface area contributed by atoms with E-state index in [2.05, 4.69) is 10.4 Å². The van der Waals surface area contributed by atoms with Crippen molar-refractivity contribution in [1.29, 1.82) is 0 Å². The van der Waals surface area contributed by atoms with Crippen LogP contribution in [0, 0.1) is 19.8 Å². The topological polar surface area (TPSA) is 65.4 Å². The molecule has 0 spiro atoms. The molecule has 1 aromatic carbocycles. The fraction of sp³-hybridized carbons (Fsp3) is 0.474. The average Bonchev–Trinajstić information content (AvgIpc) is 3.20. The second-order valence-electron chi connectivity index (χ2n) is 6.64. The summed E-state index contributed by atoms with van der Waals surface area (Å²) in [4.78, 5) is 12.5. The lowest BCUT2D eigenvalue weighted by Gasteiger charge is -2.18. The lowest BCUT2D eigenvalue weighted by molar-refractivity contribution is 0.0846. The first kappa shape index (κ1) is 17.5. The van der Waals surface area contributed by atoms with Crippen molar-refractivity contribution in [2.75, 3.05) is 20.3 Å². The standard InChI is InChI=1S/C19H25N3O3/c1-12-7-15(8-13(2)17(12)24-4)19(23)20-9-14-5-6-25-18(14)16-10-21-22(3)11-16/h7-8,10-11,14,18H,5-6,9H2,1-4H3,(H,20,23)/t14-,18+/m0/s1. The largest absolute Gasteiger partial charge is 0.496 e. The van der Waals surface area contributed by atoms with E-state index in [1.54, 1.807) is 11.8 Å². The SMILES string of the molecule is COc1c(C)cc(C(=O)NC[C@@H]2CCO[C@H]2c2cnn(C)c2)cc1C. The van der Waals surface area contributed by atoms with Crippen molar-refractivity contribution < 1.29 is 14.3 Å². The van der Waals surface area contributed by atoms with Crippen molar-refractivity contribution >= 4 is 5.91 Å². The predicted molar refractivity (Wildman–Crippen MR) is 94.8 cm³/mol. The molecule has 0 radical (unpaired) electrons. The second-order valence-corrected chi connectivity index (χ2v) is 6.64. The number of amides is 1. The zero-order chi connectivity index (χ0) is 18.0. The number of carbonyl (C=O) groups excluding carboxylic acids is 1. The normalized spacial score (nSPS) is 19.8. The van der Waals surface area contributed by atoms with Crippen LogP contribution < -0.4 is 10.1 Å². The van der Waals surface area contributed by atoms with Gasteiger partial charge < -0.3 is 14.8 Å². The molecule has 2 heterocycles. The third-order valence-corrected chi connectivity index (χ3v) is 4.72. The van der Waals surface area contributed by atoms with Gasteiger partial charge in [-0.15, -0.1) is 0 Å². The molecule has 2 aromatic rings. The van der Waals surface area contributed by atoms with E-state index < -0.39 is 0 Å². The number of ether oxygens (including phenoxy) is 2. The minimum atomic E-state index is -0.0642. The molecule has 2 atom stereocenters. The molecule has 0 unspecified atom stereocenters. The summed E-state index contributed by atoms with van der Waals surface area (Å²) in [6.45, 7) is 5.20. The van der Waals surface area contributed by atoms with Gasteiger partial charge >= 0.3 is 0 Å². The number of aryl methyl sites for hydroxylation is 3. The monoisotopic (exact) mass is 343 g/mol. The number of carbonyl (C=O) groups is 1. The van der Waals surface area contributed by atoms with Crippen molar-refractivity contribution in [3.8, 4) is 5.75 Å². The molecule has 1 saturated heterocycles. The number of nitrogens with one attached hydrogen (secondary N) is 1. The average molecular weight is 343 g/mol. The summed E-state index contributed by atoms with van der Waals surface area (Å²) < 4.78 is 13.0. The smallest absolute Gasteiger partial charge is 0.251 e. The Kier molecular flexibility index (Phi) is 5.08. The van der Waals surface area contributed by atoms with Gasteiger partial charge in [-0.05, 0) is 43.5 Å². The van der Waals surface area contributed by atoms with E-state index >= 15 is 0 Å². The maximum absolute atomic E-state index is 12.5. The Hall–Kier alpha value is -2.34. The number of methoxy groups -OCH3 is 1. The third kappa shape index (κ3) is 3.69. The molecule has 1 N–H and O–H groups in total. The summed E-state index contributed by atoms with van der Waals surface area (Å²) in [5.41, 5.74) is 3.65. The first-order valence-electron chi connectivity index (χ1n) is 8.53. The first-order chi connectivity index (χ1) is 12.0. The molecule has 134 valence electrons. The van der Waals surface area contributed by atoms with Gasteiger partial charge in [0.2, 0.25) is 0 Å². The van der Waals surface area contributed by atoms with Gasteiger partial charge in [-0.25, -0.2) is 0 Å². The highest BCUT2D eigenvalue weighted by Gasteiger charge is 2.30. The number of hydrogen-bond donors (Lipinski definition) is 1. The quantitative estimate of drug-likeness (QED) is 0.906. The lowest BCUT2D eigenvalue weighted by atomic mass is 9.97. The molecule has 1 aromatic heterocycles. The van der Waals surface area contributed by atoms with Crippen LogP contribution in [0.15, 0.2) is 24.5 Å². The third-order valence-electron chi connectivity index (χ3n) is 4.72. The van der Waals surface area contributed by atoms with Crippen LogP contribution in [0.5, 0.6) is 5.75 Å². The van der Waals surface area contributed by atoms with E-state index in [9.17, 15) is 4.79 Å². The van der Waals surface area contributed by atoms with E-state index in [1.807, 2.05) is 45.4 Å². The molecule has 1 aliphatic rings. The second kappa shape index (κ2) is 7.27.